The Hall–Kier alpha value is -1.68. The zero-order valence-electron chi connectivity index (χ0n) is 13.9. The van der Waals surface area contributed by atoms with Crippen molar-refractivity contribution in [3.8, 4) is 11.3 Å². The molecular weight excluding hydrogens is 304 g/mol. The number of fused-ring (bicyclic) bond motifs is 1. The van der Waals surface area contributed by atoms with Gasteiger partial charge in [-0.2, -0.15) is 0 Å². The molecule has 0 saturated carbocycles. The summed E-state index contributed by atoms with van der Waals surface area (Å²) in [7, 11) is 0. The topological polar surface area (TPSA) is 42.0 Å². The maximum Gasteiger partial charge on any atom is 0.229 e. The fraction of sp³-hybridized carbons (Fsp3) is 0.474. The number of rotatable bonds is 5. The van der Waals surface area contributed by atoms with Gasteiger partial charge in [0.05, 0.1) is 5.69 Å². The van der Waals surface area contributed by atoms with Crippen LogP contribution in [-0.4, -0.2) is 10.9 Å². The molecule has 1 aliphatic carbocycles. The van der Waals surface area contributed by atoms with Crippen molar-refractivity contribution in [2.24, 2.45) is 5.92 Å². The normalized spacial score (nSPS) is 13.9. The van der Waals surface area contributed by atoms with Crippen LogP contribution in [0.4, 0.5) is 5.13 Å². The minimum Gasteiger partial charge on any atom is -0.302 e. The zero-order valence-corrected chi connectivity index (χ0v) is 14.7. The quantitative estimate of drug-likeness (QED) is 0.833. The standard InChI is InChI=1S/C19H24N2OS/c1-3-13(4-2)18(22)21-19-20-17(12-23-19)16-10-9-14-7-5-6-8-15(14)11-16/h9-13H,3-8H2,1-2H3,(H,20,21,22). The summed E-state index contributed by atoms with van der Waals surface area (Å²) in [6.45, 7) is 4.10. The van der Waals surface area contributed by atoms with Gasteiger partial charge in [0.15, 0.2) is 5.13 Å². The molecule has 1 aliphatic rings. The van der Waals surface area contributed by atoms with Crippen LogP contribution in [-0.2, 0) is 17.6 Å². The van der Waals surface area contributed by atoms with Crippen LogP contribution in [0.25, 0.3) is 11.3 Å². The molecule has 1 N–H and O–H groups in total. The number of hydrogen-bond donors (Lipinski definition) is 1. The van der Waals surface area contributed by atoms with E-state index in [0.717, 1.165) is 24.1 Å². The SMILES string of the molecule is CCC(CC)C(=O)Nc1nc(-c2ccc3c(c2)CCCC3)cs1. The van der Waals surface area contributed by atoms with Crippen molar-refractivity contribution in [3.63, 3.8) is 0 Å². The molecule has 2 aromatic rings. The Morgan fingerprint density at radius 3 is 2.70 bits per heavy atom. The van der Waals surface area contributed by atoms with E-state index in [1.165, 1.54) is 48.1 Å². The third-order valence-electron chi connectivity index (χ3n) is 4.73. The molecule has 0 fully saturated rings. The van der Waals surface area contributed by atoms with Crippen molar-refractivity contribution in [1.29, 1.82) is 0 Å². The van der Waals surface area contributed by atoms with Gasteiger partial charge in [0, 0.05) is 16.9 Å². The molecule has 23 heavy (non-hydrogen) atoms. The van der Waals surface area contributed by atoms with Crippen LogP contribution in [0, 0.1) is 5.92 Å². The molecule has 0 unspecified atom stereocenters. The van der Waals surface area contributed by atoms with E-state index in [9.17, 15) is 4.79 Å². The number of amides is 1. The Kier molecular flexibility index (Phi) is 5.11. The molecule has 1 aromatic heterocycles. The highest BCUT2D eigenvalue weighted by molar-refractivity contribution is 7.14. The van der Waals surface area contributed by atoms with Crippen LogP contribution in [0.5, 0.6) is 0 Å². The van der Waals surface area contributed by atoms with E-state index >= 15 is 0 Å². The van der Waals surface area contributed by atoms with Gasteiger partial charge in [0.1, 0.15) is 0 Å². The summed E-state index contributed by atoms with van der Waals surface area (Å²) in [5, 5.41) is 5.70. The van der Waals surface area contributed by atoms with Gasteiger partial charge in [0.25, 0.3) is 0 Å². The lowest BCUT2D eigenvalue weighted by atomic mass is 9.90. The molecule has 122 valence electrons. The van der Waals surface area contributed by atoms with E-state index in [1.807, 2.05) is 19.2 Å². The number of thiazole rings is 1. The van der Waals surface area contributed by atoms with Crippen LogP contribution in [0.15, 0.2) is 23.6 Å². The van der Waals surface area contributed by atoms with E-state index in [0.29, 0.717) is 5.13 Å². The number of hydrogen-bond acceptors (Lipinski definition) is 3. The third kappa shape index (κ3) is 3.63. The fourth-order valence-corrected chi connectivity index (χ4v) is 3.95. The zero-order chi connectivity index (χ0) is 16.2. The second-order valence-corrected chi connectivity index (χ2v) is 7.09. The lowest BCUT2D eigenvalue weighted by Crippen LogP contribution is -2.21. The van der Waals surface area contributed by atoms with Crippen LogP contribution in [0.1, 0.15) is 50.7 Å². The summed E-state index contributed by atoms with van der Waals surface area (Å²) in [5.41, 5.74) is 5.06. The lowest BCUT2D eigenvalue weighted by molar-refractivity contribution is -0.120. The van der Waals surface area contributed by atoms with Gasteiger partial charge in [-0.1, -0.05) is 26.0 Å². The van der Waals surface area contributed by atoms with E-state index in [1.54, 1.807) is 0 Å². The molecule has 3 rings (SSSR count). The second-order valence-electron chi connectivity index (χ2n) is 6.23. The number of aromatic nitrogens is 1. The molecular formula is C19H24N2OS. The van der Waals surface area contributed by atoms with Crippen molar-refractivity contribution in [2.45, 2.75) is 52.4 Å². The van der Waals surface area contributed by atoms with Crippen molar-refractivity contribution >= 4 is 22.4 Å². The Balaban J connectivity index is 1.75. The highest BCUT2D eigenvalue weighted by Gasteiger charge is 2.16. The van der Waals surface area contributed by atoms with Gasteiger partial charge >= 0.3 is 0 Å². The summed E-state index contributed by atoms with van der Waals surface area (Å²) < 4.78 is 0. The fourth-order valence-electron chi connectivity index (χ4n) is 3.22. The van der Waals surface area contributed by atoms with Gasteiger partial charge in [-0.05, 0) is 55.7 Å². The number of aryl methyl sites for hydroxylation is 2. The van der Waals surface area contributed by atoms with Crippen LogP contribution in [0.3, 0.4) is 0 Å². The average molecular weight is 328 g/mol. The Morgan fingerprint density at radius 2 is 1.96 bits per heavy atom. The van der Waals surface area contributed by atoms with Crippen LogP contribution < -0.4 is 5.32 Å². The van der Waals surface area contributed by atoms with Crippen molar-refractivity contribution in [2.75, 3.05) is 5.32 Å². The number of carbonyl (C=O) groups excluding carboxylic acids is 1. The molecule has 0 saturated heterocycles. The largest absolute Gasteiger partial charge is 0.302 e. The summed E-state index contributed by atoms with van der Waals surface area (Å²) >= 11 is 1.51. The molecule has 0 aliphatic heterocycles. The molecule has 0 spiro atoms. The molecule has 3 nitrogen and oxygen atoms in total. The van der Waals surface area contributed by atoms with E-state index in [4.69, 9.17) is 0 Å². The first-order valence-electron chi connectivity index (χ1n) is 8.59. The van der Waals surface area contributed by atoms with E-state index in [2.05, 4.69) is 28.5 Å². The first kappa shape index (κ1) is 16.2. The highest BCUT2D eigenvalue weighted by Crippen LogP contribution is 2.29. The van der Waals surface area contributed by atoms with Gasteiger partial charge in [-0.3, -0.25) is 4.79 Å². The minimum atomic E-state index is 0.0751. The first-order valence-corrected chi connectivity index (χ1v) is 9.47. The Morgan fingerprint density at radius 1 is 1.22 bits per heavy atom. The third-order valence-corrected chi connectivity index (χ3v) is 5.49. The maximum absolute atomic E-state index is 12.2. The van der Waals surface area contributed by atoms with Crippen LogP contribution in [0.2, 0.25) is 0 Å². The van der Waals surface area contributed by atoms with Gasteiger partial charge in [-0.15, -0.1) is 11.3 Å². The molecule has 0 radical (unpaired) electrons. The number of carbonyl (C=O) groups is 1. The molecule has 1 heterocycles. The van der Waals surface area contributed by atoms with E-state index in [-0.39, 0.29) is 11.8 Å². The number of nitrogens with one attached hydrogen (secondary N) is 1. The number of anilines is 1. The van der Waals surface area contributed by atoms with Gasteiger partial charge in [-0.25, -0.2) is 4.98 Å². The minimum absolute atomic E-state index is 0.0751. The lowest BCUT2D eigenvalue weighted by Gasteiger charge is -2.16. The highest BCUT2D eigenvalue weighted by atomic mass is 32.1. The van der Waals surface area contributed by atoms with Crippen molar-refractivity contribution in [1.82, 2.24) is 4.98 Å². The Labute approximate surface area is 142 Å². The summed E-state index contributed by atoms with van der Waals surface area (Å²) in [6.07, 6.45) is 6.69. The van der Waals surface area contributed by atoms with Crippen molar-refractivity contribution in [3.05, 3.63) is 34.7 Å². The molecule has 4 heteroatoms. The predicted octanol–water partition coefficient (Wildman–Crippen LogP) is 5.06. The predicted molar refractivity (Wildman–Crippen MR) is 96.9 cm³/mol. The summed E-state index contributed by atoms with van der Waals surface area (Å²) in [4.78, 5) is 16.8. The Bertz CT molecular complexity index is 688. The average Bonchev–Trinajstić information content (AvgIpc) is 3.04. The van der Waals surface area contributed by atoms with Crippen molar-refractivity contribution < 1.29 is 4.79 Å². The van der Waals surface area contributed by atoms with E-state index < -0.39 is 0 Å². The van der Waals surface area contributed by atoms with Gasteiger partial charge in [0.2, 0.25) is 5.91 Å². The second kappa shape index (κ2) is 7.26. The summed E-state index contributed by atoms with van der Waals surface area (Å²) in [5.74, 6) is 0.160. The summed E-state index contributed by atoms with van der Waals surface area (Å²) in [6, 6.07) is 6.67. The maximum atomic E-state index is 12.2. The monoisotopic (exact) mass is 328 g/mol. The first-order chi connectivity index (χ1) is 11.2. The molecule has 0 bridgehead atoms. The molecule has 0 atom stereocenters. The van der Waals surface area contributed by atoms with Gasteiger partial charge < -0.3 is 5.32 Å². The molecule has 1 aromatic carbocycles. The molecule has 1 amide bonds. The number of benzene rings is 1. The van der Waals surface area contributed by atoms with Crippen LogP contribution >= 0.6 is 11.3 Å². The smallest absolute Gasteiger partial charge is 0.229 e. The number of nitrogens with zero attached hydrogens (tertiary/aromatic N) is 1.